The first-order valence-corrected chi connectivity index (χ1v) is 6.49. The number of halogens is 1. The van der Waals surface area contributed by atoms with Crippen molar-refractivity contribution in [3.8, 4) is 17.2 Å². The van der Waals surface area contributed by atoms with E-state index in [-0.39, 0.29) is 17.7 Å². The fraction of sp³-hybridized carbons (Fsp3) is 0.250. The van der Waals surface area contributed by atoms with Crippen molar-refractivity contribution in [2.24, 2.45) is 0 Å². The van der Waals surface area contributed by atoms with Gasteiger partial charge in [0.15, 0.2) is 0 Å². The van der Waals surface area contributed by atoms with Gasteiger partial charge in [-0.2, -0.15) is 0 Å². The fourth-order valence-corrected chi connectivity index (χ4v) is 2.38. The Morgan fingerprint density at radius 2 is 2.15 bits per heavy atom. The lowest BCUT2D eigenvalue weighted by molar-refractivity contribution is 0.148. The van der Waals surface area contributed by atoms with Crippen LogP contribution in [0.2, 0.25) is 0 Å². The summed E-state index contributed by atoms with van der Waals surface area (Å²) in [6, 6.07) is 9.60. The van der Waals surface area contributed by atoms with Gasteiger partial charge in [0.25, 0.3) is 0 Å². The first-order chi connectivity index (χ1) is 9.60. The van der Waals surface area contributed by atoms with Gasteiger partial charge in [-0.1, -0.05) is 0 Å². The van der Waals surface area contributed by atoms with E-state index in [1.165, 1.54) is 12.1 Å². The van der Waals surface area contributed by atoms with Crippen LogP contribution in [0.15, 0.2) is 36.4 Å². The summed E-state index contributed by atoms with van der Waals surface area (Å²) in [4.78, 5) is 0. The molecule has 104 valence electrons. The molecule has 4 heteroatoms. The van der Waals surface area contributed by atoms with E-state index in [9.17, 15) is 9.50 Å². The zero-order valence-corrected chi connectivity index (χ0v) is 11.1. The molecule has 3 rings (SSSR count). The molecule has 3 nitrogen and oxygen atoms in total. The molecule has 1 unspecified atom stereocenters. The summed E-state index contributed by atoms with van der Waals surface area (Å²) in [6.07, 6.45) is 0.500. The van der Waals surface area contributed by atoms with Crippen molar-refractivity contribution in [2.45, 2.75) is 19.4 Å². The lowest BCUT2D eigenvalue weighted by atomic mass is 10.1. The van der Waals surface area contributed by atoms with E-state index in [1.807, 2.05) is 13.0 Å². The molecule has 1 heterocycles. The second-order valence-corrected chi connectivity index (χ2v) is 5.01. The minimum Gasteiger partial charge on any atom is -0.508 e. The van der Waals surface area contributed by atoms with Gasteiger partial charge in [-0.3, -0.25) is 0 Å². The Balaban J connectivity index is 1.63. The summed E-state index contributed by atoms with van der Waals surface area (Å²) in [5, 5.41) is 9.51. The summed E-state index contributed by atoms with van der Waals surface area (Å²) in [6.45, 7) is 2.25. The zero-order valence-electron chi connectivity index (χ0n) is 11.1. The maximum absolute atomic E-state index is 13.1. The van der Waals surface area contributed by atoms with Crippen molar-refractivity contribution in [3.05, 3.63) is 53.3 Å². The van der Waals surface area contributed by atoms with Crippen LogP contribution < -0.4 is 9.47 Å². The highest BCUT2D eigenvalue weighted by Crippen LogP contribution is 2.30. The van der Waals surface area contributed by atoms with Crippen LogP contribution in [0.25, 0.3) is 0 Å². The van der Waals surface area contributed by atoms with Crippen molar-refractivity contribution < 1.29 is 19.0 Å². The molecule has 20 heavy (non-hydrogen) atoms. The average molecular weight is 274 g/mol. The van der Waals surface area contributed by atoms with Gasteiger partial charge in [0.05, 0.1) is 0 Å². The first-order valence-electron chi connectivity index (χ1n) is 6.49. The van der Waals surface area contributed by atoms with Gasteiger partial charge in [-0.15, -0.1) is 0 Å². The third-order valence-electron chi connectivity index (χ3n) is 3.24. The smallest absolute Gasteiger partial charge is 0.137 e. The van der Waals surface area contributed by atoms with Crippen molar-refractivity contribution >= 4 is 0 Å². The van der Waals surface area contributed by atoms with Crippen molar-refractivity contribution in [3.63, 3.8) is 0 Å². The first kappa shape index (κ1) is 12.8. The van der Waals surface area contributed by atoms with Gasteiger partial charge in [0, 0.05) is 18.1 Å². The molecule has 0 radical (unpaired) electrons. The molecular weight excluding hydrogens is 259 g/mol. The lowest BCUT2D eigenvalue weighted by Crippen LogP contribution is -2.22. The summed E-state index contributed by atoms with van der Waals surface area (Å²) in [5.74, 6) is 1.25. The molecular formula is C16H15FO3. The molecule has 1 N–H and O–H groups in total. The van der Waals surface area contributed by atoms with Crippen molar-refractivity contribution in [1.82, 2.24) is 0 Å². The molecule has 0 aliphatic carbocycles. The predicted octanol–water partition coefficient (Wildman–Crippen LogP) is 3.22. The molecule has 2 aromatic rings. The number of hydrogen-bond donors (Lipinski definition) is 1. The Morgan fingerprint density at radius 3 is 2.95 bits per heavy atom. The molecule has 0 spiro atoms. The van der Waals surface area contributed by atoms with E-state index >= 15 is 0 Å². The number of hydrogen-bond acceptors (Lipinski definition) is 3. The molecule has 0 fully saturated rings. The summed E-state index contributed by atoms with van der Waals surface area (Å²) in [7, 11) is 0. The molecule has 0 saturated carbocycles. The van der Waals surface area contributed by atoms with Crippen LogP contribution in [0.1, 0.15) is 11.1 Å². The number of fused-ring (bicyclic) bond motifs is 1. The van der Waals surface area contributed by atoms with E-state index in [0.29, 0.717) is 24.5 Å². The standard InChI is InChI=1S/C16H15FO3/c1-10-4-13(18)8-14(5-10)19-9-15-7-11-6-12(17)2-3-16(11)20-15/h2-6,8,15,18H,7,9H2,1H3. The van der Waals surface area contributed by atoms with Crippen LogP contribution in [-0.2, 0) is 6.42 Å². The van der Waals surface area contributed by atoms with Gasteiger partial charge in [0.1, 0.15) is 35.8 Å². The molecule has 0 saturated heterocycles. The third-order valence-corrected chi connectivity index (χ3v) is 3.24. The molecule has 1 aliphatic rings. The Kier molecular flexibility index (Phi) is 3.22. The molecule has 0 aromatic heterocycles. The number of ether oxygens (including phenoxy) is 2. The second-order valence-electron chi connectivity index (χ2n) is 5.01. The Bertz CT molecular complexity index is 619. The van der Waals surface area contributed by atoms with Crippen LogP contribution in [0.4, 0.5) is 4.39 Å². The Hall–Kier alpha value is -2.23. The van der Waals surface area contributed by atoms with E-state index in [4.69, 9.17) is 9.47 Å². The molecule has 1 aliphatic heterocycles. The maximum atomic E-state index is 13.1. The van der Waals surface area contributed by atoms with E-state index in [2.05, 4.69) is 0 Å². The maximum Gasteiger partial charge on any atom is 0.137 e. The fourth-order valence-electron chi connectivity index (χ4n) is 2.38. The van der Waals surface area contributed by atoms with Gasteiger partial charge >= 0.3 is 0 Å². The highest BCUT2D eigenvalue weighted by atomic mass is 19.1. The second kappa shape index (κ2) is 5.04. The van der Waals surface area contributed by atoms with Crippen LogP contribution in [0.5, 0.6) is 17.2 Å². The monoisotopic (exact) mass is 274 g/mol. The van der Waals surface area contributed by atoms with Crippen LogP contribution in [-0.4, -0.2) is 17.8 Å². The number of phenols is 1. The van der Waals surface area contributed by atoms with E-state index in [0.717, 1.165) is 11.1 Å². The molecule has 1 atom stereocenters. The van der Waals surface area contributed by atoms with E-state index in [1.54, 1.807) is 18.2 Å². The predicted molar refractivity (Wildman–Crippen MR) is 72.9 cm³/mol. The normalized spacial score (nSPS) is 16.6. The van der Waals surface area contributed by atoms with Crippen molar-refractivity contribution in [2.75, 3.05) is 6.61 Å². The molecule has 0 amide bonds. The third kappa shape index (κ3) is 2.69. The van der Waals surface area contributed by atoms with Gasteiger partial charge in [-0.05, 0) is 42.8 Å². The largest absolute Gasteiger partial charge is 0.508 e. The zero-order chi connectivity index (χ0) is 14.1. The van der Waals surface area contributed by atoms with Crippen LogP contribution >= 0.6 is 0 Å². The Labute approximate surface area is 116 Å². The number of rotatable bonds is 3. The van der Waals surface area contributed by atoms with Gasteiger partial charge in [-0.25, -0.2) is 4.39 Å². The van der Waals surface area contributed by atoms with Crippen LogP contribution in [0.3, 0.4) is 0 Å². The summed E-state index contributed by atoms with van der Waals surface area (Å²) in [5.41, 5.74) is 1.79. The number of benzene rings is 2. The number of phenolic OH excluding ortho intramolecular Hbond substituents is 1. The summed E-state index contributed by atoms with van der Waals surface area (Å²) < 4.78 is 24.4. The molecule has 2 aromatic carbocycles. The van der Waals surface area contributed by atoms with Gasteiger partial charge < -0.3 is 14.6 Å². The number of aryl methyl sites for hydroxylation is 1. The molecule has 0 bridgehead atoms. The highest BCUT2D eigenvalue weighted by Gasteiger charge is 2.23. The van der Waals surface area contributed by atoms with Crippen LogP contribution in [0, 0.1) is 12.7 Å². The number of aromatic hydroxyl groups is 1. The Morgan fingerprint density at radius 1 is 1.30 bits per heavy atom. The minimum atomic E-state index is -0.252. The topological polar surface area (TPSA) is 38.7 Å². The highest BCUT2D eigenvalue weighted by molar-refractivity contribution is 5.39. The van der Waals surface area contributed by atoms with E-state index < -0.39 is 0 Å². The quantitative estimate of drug-likeness (QED) is 0.934. The SMILES string of the molecule is Cc1cc(O)cc(OCC2Cc3cc(F)ccc3O2)c1. The van der Waals surface area contributed by atoms with Crippen molar-refractivity contribution in [1.29, 1.82) is 0 Å². The van der Waals surface area contributed by atoms with Gasteiger partial charge in [0.2, 0.25) is 0 Å². The minimum absolute atomic E-state index is 0.130. The summed E-state index contributed by atoms with van der Waals surface area (Å²) >= 11 is 0. The lowest BCUT2D eigenvalue weighted by Gasteiger charge is -2.13. The average Bonchev–Trinajstić information content (AvgIpc) is 2.77.